The van der Waals surface area contributed by atoms with Crippen molar-refractivity contribution in [3.05, 3.63) is 117 Å². The maximum absolute atomic E-state index is 14.3. The topological polar surface area (TPSA) is 153 Å². The number of sulfone groups is 1. The fraction of sp³-hybridized carbons (Fsp3) is 0.0714. The zero-order valence-electron chi connectivity index (χ0n) is 21.3. The highest BCUT2D eigenvalue weighted by atomic mass is 35.5. The summed E-state index contributed by atoms with van der Waals surface area (Å²) in [5.74, 6) is 0.241. The average Bonchev–Trinajstić information content (AvgIpc) is 2.99. The van der Waals surface area contributed by atoms with Gasteiger partial charge in [-0.25, -0.2) is 28.4 Å². The largest absolute Gasteiger partial charge is 0.361 e. The van der Waals surface area contributed by atoms with Crippen LogP contribution in [0.5, 0.6) is 0 Å². The summed E-state index contributed by atoms with van der Waals surface area (Å²) in [7, 11) is -4.28. The van der Waals surface area contributed by atoms with E-state index in [1.54, 1.807) is 43.3 Å². The summed E-state index contributed by atoms with van der Waals surface area (Å²) in [4.78, 5) is 45.8. The first kappa shape index (κ1) is 26.3. The molecule has 0 aliphatic carbocycles. The van der Waals surface area contributed by atoms with Crippen LogP contribution in [0.15, 0.2) is 105 Å². The van der Waals surface area contributed by atoms with E-state index >= 15 is 0 Å². The molecule has 0 spiro atoms. The average molecular weight is 586 g/mol. The van der Waals surface area contributed by atoms with Crippen LogP contribution in [0, 0.1) is 0 Å². The van der Waals surface area contributed by atoms with Gasteiger partial charge in [-0.1, -0.05) is 41.9 Å². The van der Waals surface area contributed by atoms with E-state index in [0.29, 0.717) is 17.0 Å². The molecule has 4 heterocycles. The van der Waals surface area contributed by atoms with Crippen LogP contribution in [0.4, 0.5) is 5.82 Å². The summed E-state index contributed by atoms with van der Waals surface area (Å²) in [6.07, 6.45) is 5.42. The lowest BCUT2D eigenvalue weighted by Crippen LogP contribution is -2.27. The monoisotopic (exact) mass is 585 g/mol. The third-order valence-corrected chi connectivity index (χ3v) is 8.55. The first-order valence-corrected chi connectivity index (χ1v) is 14.2. The van der Waals surface area contributed by atoms with Gasteiger partial charge in [0.1, 0.15) is 23.2 Å². The molecule has 13 heteroatoms. The second-order valence-corrected chi connectivity index (χ2v) is 11.2. The Labute approximate surface area is 237 Å². The minimum Gasteiger partial charge on any atom is -0.361 e. The first-order chi connectivity index (χ1) is 19.8. The maximum atomic E-state index is 14.3. The molecule has 2 N–H and O–H groups in total. The summed E-state index contributed by atoms with van der Waals surface area (Å²) in [6, 6.07) is 15.3. The molecular weight excluding hydrogens is 566 g/mol. The molecule has 6 rings (SSSR count). The second-order valence-electron chi connectivity index (χ2n) is 9.04. The van der Waals surface area contributed by atoms with Crippen LogP contribution in [-0.4, -0.2) is 37.9 Å². The number of halogens is 1. The number of para-hydroxylation sites is 1. The number of anilines is 1. The SMILES string of the molecule is C[C@H](Nc1ncnc2[nH]ccc(=O)c12)c1c(Cl)c2cccc(S(=O)(=O)c3ncccn3)c2c(=O)n1-c1ccccc1. The van der Waals surface area contributed by atoms with Gasteiger partial charge in [-0.15, -0.1) is 0 Å². The van der Waals surface area contributed by atoms with Crippen molar-refractivity contribution in [3.63, 3.8) is 0 Å². The van der Waals surface area contributed by atoms with Gasteiger partial charge in [0, 0.05) is 35.7 Å². The number of H-pyrrole nitrogens is 1. The molecular formula is C28H20ClN7O4S. The van der Waals surface area contributed by atoms with Crippen molar-refractivity contribution in [2.75, 3.05) is 5.32 Å². The van der Waals surface area contributed by atoms with Crippen LogP contribution in [0.25, 0.3) is 27.5 Å². The van der Waals surface area contributed by atoms with Gasteiger partial charge >= 0.3 is 0 Å². The van der Waals surface area contributed by atoms with Gasteiger partial charge in [-0.3, -0.25) is 14.2 Å². The van der Waals surface area contributed by atoms with Crippen molar-refractivity contribution >= 4 is 49.1 Å². The van der Waals surface area contributed by atoms with Gasteiger partial charge in [0.05, 0.1) is 27.0 Å². The lowest BCUT2D eigenvalue weighted by atomic mass is 10.1. The number of nitrogens with one attached hydrogen (secondary N) is 2. The number of aromatic nitrogens is 6. The molecule has 1 atom stereocenters. The highest BCUT2D eigenvalue weighted by molar-refractivity contribution is 7.91. The molecule has 0 radical (unpaired) electrons. The lowest BCUT2D eigenvalue weighted by molar-refractivity contribution is 0.587. The van der Waals surface area contributed by atoms with Gasteiger partial charge < -0.3 is 10.3 Å². The van der Waals surface area contributed by atoms with E-state index in [-0.39, 0.29) is 37.3 Å². The first-order valence-electron chi connectivity index (χ1n) is 12.3. The van der Waals surface area contributed by atoms with Crippen LogP contribution < -0.4 is 16.3 Å². The molecule has 0 amide bonds. The van der Waals surface area contributed by atoms with Crippen LogP contribution in [-0.2, 0) is 9.84 Å². The summed E-state index contributed by atoms with van der Waals surface area (Å²) >= 11 is 7.02. The van der Waals surface area contributed by atoms with Gasteiger partial charge in [-0.2, -0.15) is 0 Å². The third-order valence-electron chi connectivity index (χ3n) is 6.54. The number of benzene rings is 2. The molecule has 0 bridgehead atoms. The Bertz CT molecular complexity index is 2170. The molecule has 0 unspecified atom stereocenters. The second kappa shape index (κ2) is 10.2. The lowest BCUT2D eigenvalue weighted by Gasteiger charge is -2.24. The minimum atomic E-state index is -4.28. The molecule has 0 saturated heterocycles. The Kier molecular flexibility index (Phi) is 6.56. The zero-order chi connectivity index (χ0) is 28.7. The number of aromatic amines is 1. The van der Waals surface area contributed by atoms with Gasteiger partial charge in [-0.05, 0) is 31.2 Å². The van der Waals surface area contributed by atoms with Crippen LogP contribution >= 0.6 is 11.6 Å². The Morgan fingerprint density at radius 1 is 0.902 bits per heavy atom. The molecule has 0 saturated carbocycles. The van der Waals surface area contributed by atoms with E-state index in [1.165, 1.54) is 53.8 Å². The Balaban J connectivity index is 1.63. The summed E-state index contributed by atoms with van der Waals surface area (Å²) in [6.45, 7) is 1.76. The number of fused-ring (bicyclic) bond motifs is 2. The molecule has 11 nitrogen and oxygen atoms in total. The zero-order valence-corrected chi connectivity index (χ0v) is 22.9. The van der Waals surface area contributed by atoms with Gasteiger partial charge in [0.25, 0.3) is 10.7 Å². The summed E-state index contributed by atoms with van der Waals surface area (Å²) in [5, 5.41) is 3.27. The number of hydrogen-bond acceptors (Lipinski definition) is 9. The van der Waals surface area contributed by atoms with Crippen molar-refractivity contribution in [2.45, 2.75) is 23.0 Å². The predicted molar refractivity (Wildman–Crippen MR) is 154 cm³/mol. The standard InChI is InChI=1S/C28H20ClN7O4S/c1-16(35-26-22-19(37)11-14-30-25(22)33-15-34-26)24-23(29)18-9-5-10-20(41(39,40)28-31-12-6-13-32-28)21(18)27(38)36(24)17-7-3-2-4-8-17/h2-16H,1H3,(H2,30,33,34,35,37)/t16-/m0/s1. The number of pyridine rings is 2. The van der Waals surface area contributed by atoms with E-state index < -0.39 is 26.6 Å². The fourth-order valence-corrected chi connectivity index (χ4v) is 6.47. The van der Waals surface area contributed by atoms with Crippen molar-refractivity contribution < 1.29 is 8.42 Å². The number of rotatable bonds is 6. The van der Waals surface area contributed by atoms with E-state index in [9.17, 15) is 18.0 Å². The van der Waals surface area contributed by atoms with Crippen LogP contribution in [0.2, 0.25) is 5.02 Å². The highest BCUT2D eigenvalue weighted by Crippen LogP contribution is 2.35. The number of hydrogen-bond donors (Lipinski definition) is 2. The van der Waals surface area contributed by atoms with E-state index in [4.69, 9.17) is 11.6 Å². The molecule has 0 aliphatic rings. The van der Waals surface area contributed by atoms with Crippen LogP contribution in [0.3, 0.4) is 0 Å². The molecule has 4 aromatic heterocycles. The summed E-state index contributed by atoms with van der Waals surface area (Å²) in [5.41, 5.74) is 0.223. The highest BCUT2D eigenvalue weighted by Gasteiger charge is 2.29. The van der Waals surface area contributed by atoms with E-state index in [0.717, 1.165) is 0 Å². The molecule has 0 aliphatic heterocycles. The smallest absolute Gasteiger partial charge is 0.264 e. The fourth-order valence-electron chi connectivity index (χ4n) is 4.75. The van der Waals surface area contributed by atoms with Gasteiger partial charge in [0.15, 0.2) is 5.43 Å². The normalized spacial score (nSPS) is 12.4. The van der Waals surface area contributed by atoms with E-state index in [1.807, 2.05) is 0 Å². The van der Waals surface area contributed by atoms with Gasteiger partial charge in [0.2, 0.25) is 9.84 Å². The summed E-state index contributed by atoms with van der Waals surface area (Å²) < 4.78 is 28.6. The quantitative estimate of drug-likeness (QED) is 0.275. The molecule has 2 aromatic carbocycles. The van der Waals surface area contributed by atoms with Crippen molar-refractivity contribution in [3.8, 4) is 5.69 Å². The van der Waals surface area contributed by atoms with E-state index in [2.05, 4.69) is 30.2 Å². The van der Waals surface area contributed by atoms with Crippen molar-refractivity contribution in [2.24, 2.45) is 0 Å². The Hall–Kier alpha value is -4.94. The van der Waals surface area contributed by atoms with Crippen molar-refractivity contribution in [1.29, 1.82) is 0 Å². The third kappa shape index (κ3) is 4.42. The molecule has 204 valence electrons. The molecule has 6 aromatic rings. The molecule has 0 fully saturated rings. The number of nitrogens with zero attached hydrogens (tertiary/aromatic N) is 5. The van der Waals surface area contributed by atoms with Crippen LogP contribution in [0.1, 0.15) is 18.7 Å². The minimum absolute atomic E-state index is 0.103. The Morgan fingerprint density at radius 2 is 1.66 bits per heavy atom. The maximum Gasteiger partial charge on any atom is 0.264 e. The Morgan fingerprint density at radius 3 is 2.41 bits per heavy atom. The predicted octanol–water partition coefficient (Wildman–Crippen LogP) is 4.07. The van der Waals surface area contributed by atoms with Crippen molar-refractivity contribution in [1.82, 2.24) is 29.5 Å². The molecule has 41 heavy (non-hydrogen) atoms.